The summed E-state index contributed by atoms with van der Waals surface area (Å²) in [7, 11) is -2.51. The summed E-state index contributed by atoms with van der Waals surface area (Å²) in [4.78, 5) is 1.48. The Kier molecular flexibility index (Phi) is 6.52. The Hall–Kier alpha value is -2.67. The van der Waals surface area contributed by atoms with Crippen molar-refractivity contribution in [3.63, 3.8) is 0 Å². The highest BCUT2D eigenvalue weighted by Crippen LogP contribution is 2.39. The Labute approximate surface area is 179 Å². The van der Waals surface area contributed by atoms with E-state index >= 15 is 0 Å². The van der Waals surface area contributed by atoms with Crippen LogP contribution in [0.4, 0.5) is 32.0 Å². The fourth-order valence-corrected chi connectivity index (χ4v) is 4.17. The molecule has 13 heteroatoms. The van der Waals surface area contributed by atoms with E-state index < -0.39 is 50.6 Å². The standard InChI is InChI=1S/C19H18F6N2O4S/c1-27-9-8-14(11-27)30-17-10-12(2-7-16(17)18(20,21)22)26-32(28,29)15-5-3-13(4-6-15)31-19(23,24)25/h2-7,10,14,26H,8-9,11H2,1H3/t14-/m1/s1. The molecule has 1 atom stereocenters. The maximum Gasteiger partial charge on any atom is 0.573 e. The molecule has 0 unspecified atom stereocenters. The van der Waals surface area contributed by atoms with Crippen LogP contribution in [0.1, 0.15) is 12.0 Å². The minimum absolute atomic E-state index is 0.199. The van der Waals surface area contributed by atoms with Gasteiger partial charge in [-0.25, -0.2) is 8.42 Å². The first-order valence-electron chi connectivity index (χ1n) is 9.18. The molecular formula is C19H18F6N2O4S. The van der Waals surface area contributed by atoms with E-state index in [1.165, 1.54) is 0 Å². The van der Waals surface area contributed by atoms with Crippen molar-refractivity contribution in [3.05, 3.63) is 48.0 Å². The van der Waals surface area contributed by atoms with Crippen LogP contribution in [0.5, 0.6) is 11.5 Å². The molecular weight excluding hydrogens is 466 g/mol. The largest absolute Gasteiger partial charge is 0.573 e. The summed E-state index contributed by atoms with van der Waals surface area (Å²) < 4.78 is 113. The molecule has 0 aliphatic carbocycles. The third-order valence-corrected chi connectivity index (χ3v) is 5.95. The molecule has 1 heterocycles. The highest BCUT2D eigenvalue weighted by Gasteiger charge is 2.36. The Bertz CT molecular complexity index is 1050. The summed E-state index contributed by atoms with van der Waals surface area (Å²) in [6.07, 6.45) is -9.64. The van der Waals surface area contributed by atoms with Crippen LogP contribution in [-0.4, -0.2) is 45.9 Å². The number of likely N-dealkylation sites (N-methyl/N-ethyl adjacent to an activating group) is 1. The number of sulfonamides is 1. The van der Waals surface area contributed by atoms with E-state index in [1.54, 1.807) is 7.05 Å². The summed E-state index contributed by atoms with van der Waals surface area (Å²) in [5, 5.41) is 0. The van der Waals surface area contributed by atoms with Crippen LogP contribution >= 0.6 is 0 Å². The number of benzene rings is 2. The molecule has 3 rings (SSSR count). The molecule has 2 aromatic rings. The number of anilines is 1. The van der Waals surface area contributed by atoms with Crippen LogP contribution in [0.15, 0.2) is 47.4 Å². The molecule has 0 radical (unpaired) electrons. The lowest BCUT2D eigenvalue weighted by molar-refractivity contribution is -0.274. The van der Waals surface area contributed by atoms with Gasteiger partial charge in [-0.15, -0.1) is 13.2 Å². The van der Waals surface area contributed by atoms with Gasteiger partial charge in [0.05, 0.1) is 16.1 Å². The van der Waals surface area contributed by atoms with Crippen LogP contribution in [0.25, 0.3) is 0 Å². The smallest absolute Gasteiger partial charge is 0.488 e. The lowest BCUT2D eigenvalue weighted by atomic mass is 10.1. The summed E-state index contributed by atoms with van der Waals surface area (Å²) in [6.45, 7) is 1.06. The van der Waals surface area contributed by atoms with Crippen molar-refractivity contribution in [1.29, 1.82) is 0 Å². The zero-order valence-corrected chi connectivity index (χ0v) is 17.3. The molecule has 1 saturated heterocycles. The number of alkyl halides is 6. The van der Waals surface area contributed by atoms with Gasteiger partial charge in [0, 0.05) is 19.2 Å². The number of rotatable bonds is 6. The molecule has 0 amide bonds. The van der Waals surface area contributed by atoms with Crippen LogP contribution in [0, 0.1) is 0 Å². The lowest BCUT2D eigenvalue weighted by Crippen LogP contribution is -2.23. The van der Waals surface area contributed by atoms with Crippen molar-refractivity contribution in [2.45, 2.75) is 30.0 Å². The first-order valence-corrected chi connectivity index (χ1v) is 10.7. The summed E-state index contributed by atoms with van der Waals surface area (Å²) in [6, 6.07) is 5.92. The Morgan fingerprint density at radius 1 is 1.03 bits per heavy atom. The van der Waals surface area contributed by atoms with Gasteiger partial charge in [-0.05, 0) is 49.9 Å². The molecule has 6 nitrogen and oxygen atoms in total. The number of nitrogens with zero attached hydrogens (tertiary/aromatic N) is 1. The Morgan fingerprint density at radius 3 is 2.22 bits per heavy atom. The topological polar surface area (TPSA) is 67.9 Å². The second kappa shape index (κ2) is 8.70. The SMILES string of the molecule is CN1CC[C@@H](Oc2cc(NS(=O)(=O)c3ccc(OC(F)(F)F)cc3)ccc2C(F)(F)F)C1. The molecule has 1 aliphatic rings. The Balaban J connectivity index is 1.83. The van der Waals surface area contributed by atoms with Gasteiger partial charge in [0.25, 0.3) is 10.0 Å². The number of ether oxygens (including phenoxy) is 2. The van der Waals surface area contributed by atoms with Crippen LogP contribution < -0.4 is 14.2 Å². The predicted molar refractivity (Wildman–Crippen MR) is 102 cm³/mol. The molecule has 2 aromatic carbocycles. The van der Waals surface area contributed by atoms with Crippen molar-refractivity contribution >= 4 is 15.7 Å². The van der Waals surface area contributed by atoms with E-state index in [0.717, 1.165) is 36.4 Å². The number of hydrogen-bond donors (Lipinski definition) is 1. The van der Waals surface area contributed by atoms with Crippen LogP contribution in [0.3, 0.4) is 0 Å². The maximum atomic E-state index is 13.4. The molecule has 1 fully saturated rings. The first kappa shape index (κ1) is 24.0. The van der Waals surface area contributed by atoms with Gasteiger partial charge in [-0.1, -0.05) is 0 Å². The zero-order chi connectivity index (χ0) is 23.7. The van der Waals surface area contributed by atoms with E-state index in [-0.39, 0.29) is 5.69 Å². The van der Waals surface area contributed by atoms with Gasteiger partial charge < -0.3 is 14.4 Å². The van der Waals surface area contributed by atoms with Gasteiger partial charge in [-0.3, -0.25) is 4.72 Å². The van der Waals surface area contributed by atoms with E-state index in [9.17, 15) is 34.8 Å². The molecule has 176 valence electrons. The van der Waals surface area contributed by atoms with Gasteiger partial charge in [0.15, 0.2) is 0 Å². The normalized spacial score (nSPS) is 17.9. The molecule has 0 bridgehead atoms. The zero-order valence-electron chi connectivity index (χ0n) is 16.5. The third-order valence-electron chi connectivity index (χ3n) is 4.55. The van der Waals surface area contributed by atoms with Crippen molar-refractivity contribution in [2.75, 3.05) is 24.9 Å². The van der Waals surface area contributed by atoms with Gasteiger partial charge in [0.1, 0.15) is 17.6 Å². The maximum absolute atomic E-state index is 13.4. The van der Waals surface area contributed by atoms with Crippen molar-refractivity contribution < 1.29 is 44.2 Å². The van der Waals surface area contributed by atoms with Crippen molar-refractivity contribution in [3.8, 4) is 11.5 Å². The average Bonchev–Trinajstić information content (AvgIpc) is 3.04. The average molecular weight is 484 g/mol. The fourth-order valence-electron chi connectivity index (χ4n) is 3.12. The number of halogens is 6. The van der Waals surface area contributed by atoms with Gasteiger partial charge in [-0.2, -0.15) is 13.2 Å². The minimum atomic E-state index is -4.94. The van der Waals surface area contributed by atoms with Crippen LogP contribution in [0.2, 0.25) is 0 Å². The molecule has 0 spiro atoms. The number of nitrogens with one attached hydrogen (secondary N) is 1. The molecule has 1 aliphatic heterocycles. The molecule has 0 aromatic heterocycles. The lowest BCUT2D eigenvalue weighted by Gasteiger charge is -2.19. The number of likely N-dealkylation sites (tertiary alicyclic amines) is 1. The number of hydrogen-bond acceptors (Lipinski definition) is 5. The van der Waals surface area contributed by atoms with Crippen molar-refractivity contribution in [2.24, 2.45) is 0 Å². The molecule has 1 N–H and O–H groups in total. The minimum Gasteiger partial charge on any atom is -0.488 e. The Morgan fingerprint density at radius 2 is 1.69 bits per heavy atom. The monoisotopic (exact) mass is 484 g/mol. The third kappa shape index (κ3) is 6.19. The first-order chi connectivity index (χ1) is 14.7. The summed E-state index contributed by atoms with van der Waals surface area (Å²) in [5.41, 5.74) is -1.25. The predicted octanol–water partition coefficient (Wildman–Crippen LogP) is 4.49. The van der Waals surface area contributed by atoms with E-state index in [4.69, 9.17) is 4.74 Å². The summed E-state index contributed by atoms with van der Waals surface area (Å²) in [5.74, 6) is -1.14. The van der Waals surface area contributed by atoms with Gasteiger partial charge >= 0.3 is 12.5 Å². The van der Waals surface area contributed by atoms with E-state index in [1.807, 2.05) is 4.90 Å². The molecule has 32 heavy (non-hydrogen) atoms. The second-order valence-corrected chi connectivity index (χ2v) is 8.81. The van der Waals surface area contributed by atoms with Gasteiger partial charge in [0.2, 0.25) is 0 Å². The fraction of sp³-hybridized carbons (Fsp3) is 0.368. The highest BCUT2D eigenvalue weighted by molar-refractivity contribution is 7.92. The van der Waals surface area contributed by atoms with Crippen LogP contribution in [-0.2, 0) is 16.2 Å². The van der Waals surface area contributed by atoms with E-state index in [0.29, 0.717) is 25.6 Å². The van der Waals surface area contributed by atoms with Crippen molar-refractivity contribution in [1.82, 2.24) is 4.90 Å². The highest BCUT2D eigenvalue weighted by atomic mass is 32.2. The van der Waals surface area contributed by atoms with E-state index in [2.05, 4.69) is 9.46 Å². The quantitative estimate of drug-likeness (QED) is 0.613. The molecule has 0 saturated carbocycles. The second-order valence-electron chi connectivity index (χ2n) is 7.12. The summed E-state index contributed by atoms with van der Waals surface area (Å²) >= 11 is 0.